The zero-order valence-electron chi connectivity index (χ0n) is 11.0. The van der Waals surface area contributed by atoms with E-state index in [4.69, 9.17) is 4.74 Å². The Morgan fingerprint density at radius 1 is 1.28 bits per heavy atom. The Labute approximate surface area is 107 Å². The molecule has 0 heterocycles. The van der Waals surface area contributed by atoms with Gasteiger partial charge in [-0.05, 0) is 25.5 Å². The predicted molar refractivity (Wildman–Crippen MR) is 69.2 cm³/mol. The van der Waals surface area contributed by atoms with Crippen LogP contribution in [0.2, 0.25) is 0 Å². The molecule has 0 radical (unpaired) electrons. The summed E-state index contributed by atoms with van der Waals surface area (Å²) in [6.07, 6.45) is 1.32. The Kier molecular flexibility index (Phi) is 4.89. The summed E-state index contributed by atoms with van der Waals surface area (Å²) in [6, 6.07) is 8.81. The van der Waals surface area contributed by atoms with Crippen LogP contribution in [0.4, 0.5) is 0 Å². The van der Waals surface area contributed by atoms with Crippen LogP contribution in [0.3, 0.4) is 0 Å². The van der Waals surface area contributed by atoms with Gasteiger partial charge in [-0.25, -0.2) is 4.79 Å². The number of amides is 1. The van der Waals surface area contributed by atoms with Gasteiger partial charge in [0.15, 0.2) is 0 Å². The van der Waals surface area contributed by atoms with Gasteiger partial charge in [0.1, 0.15) is 5.54 Å². The molecule has 0 fully saturated rings. The van der Waals surface area contributed by atoms with Crippen molar-refractivity contribution in [2.45, 2.75) is 32.2 Å². The second kappa shape index (κ2) is 6.19. The number of nitrogens with one attached hydrogen (secondary N) is 1. The lowest BCUT2D eigenvalue weighted by Gasteiger charge is -2.27. The molecule has 1 aromatic carbocycles. The maximum Gasteiger partial charge on any atom is 0.331 e. The first-order valence-electron chi connectivity index (χ1n) is 5.99. The minimum absolute atomic E-state index is 0.267. The lowest BCUT2D eigenvalue weighted by molar-refractivity contribution is -0.147. The van der Waals surface area contributed by atoms with E-state index in [2.05, 4.69) is 5.32 Å². The predicted octanol–water partition coefficient (Wildman–Crippen LogP) is 2.15. The van der Waals surface area contributed by atoms with Gasteiger partial charge in [-0.2, -0.15) is 0 Å². The summed E-state index contributed by atoms with van der Waals surface area (Å²) in [6.45, 7) is 3.64. The number of methoxy groups -OCH3 is 1. The second-order valence-corrected chi connectivity index (χ2v) is 4.39. The van der Waals surface area contributed by atoms with Crippen molar-refractivity contribution in [2.24, 2.45) is 0 Å². The first-order valence-corrected chi connectivity index (χ1v) is 5.99. The summed E-state index contributed by atoms with van der Waals surface area (Å²) in [5, 5.41) is 2.75. The average Bonchev–Trinajstić information content (AvgIpc) is 2.39. The number of carbonyl (C=O) groups is 2. The van der Waals surface area contributed by atoms with E-state index in [9.17, 15) is 9.59 Å². The molecule has 1 N–H and O–H groups in total. The Balaban J connectivity index is 2.85. The molecule has 1 amide bonds. The zero-order valence-corrected chi connectivity index (χ0v) is 11.0. The number of hydrogen-bond acceptors (Lipinski definition) is 3. The van der Waals surface area contributed by atoms with E-state index in [1.807, 2.05) is 13.0 Å². The van der Waals surface area contributed by atoms with Gasteiger partial charge in [-0.3, -0.25) is 4.79 Å². The van der Waals surface area contributed by atoms with Gasteiger partial charge in [0.25, 0.3) is 5.91 Å². The summed E-state index contributed by atoms with van der Waals surface area (Å²) in [5.41, 5.74) is -0.445. The molecular formula is C14H19NO3. The van der Waals surface area contributed by atoms with Crippen LogP contribution in [0.5, 0.6) is 0 Å². The molecule has 0 aliphatic carbocycles. The topological polar surface area (TPSA) is 55.4 Å². The van der Waals surface area contributed by atoms with Gasteiger partial charge in [0.05, 0.1) is 7.11 Å². The molecule has 1 rings (SSSR count). The lowest BCUT2D eigenvalue weighted by atomic mass is 9.95. The number of benzene rings is 1. The third kappa shape index (κ3) is 3.32. The Morgan fingerprint density at radius 2 is 1.89 bits per heavy atom. The summed E-state index contributed by atoms with van der Waals surface area (Å²) in [7, 11) is 1.32. The minimum atomic E-state index is -0.976. The maximum absolute atomic E-state index is 12.0. The Bertz CT molecular complexity index is 416. The monoisotopic (exact) mass is 249 g/mol. The van der Waals surface area contributed by atoms with Gasteiger partial charge in [0.2, 0.25) is 0 Å². The molecule has 4 heteroatoms. The van der Waals surface area contributed by atoms with E-state index in [0.29, 0.717) is 12.0 Å². The largest absolute Gasteiger partial charge is 0.467 e. The fraction of sp³-hybridized carbons (Fsp3) is 0.429. The van der Waals surface area contributed by atoms with Crippen molar-refractivity contribution < 1.29 is 14.3 Å². The normalized spacial score (nSPS) is 13.5. The lowest BCUT2D eigenvalue weighted by Crippen LogP contribution is -2.52. The Hall–Kier alpha value is -1.84. The van der Waals surface area contributed by atoms with Crippen molar-refractivity contribution in [1.29, 1.82) is 0 Å². The van der Waals surface area contributed by atoms with E-state index >= 15 is 0 Å². The van der Waals surface area contributed by atoms with Crippen molar-refractivity contribution in [2.75, 3.05) is 7.11 Å². The third-order valence-electron chi connectivity index (χ3n) is 2.81. The standard InChI is InChI=1S/C14H19NO3/c1-4-10-14(2,13(17)18-3)15-12(16)11-8-6-5-7-9-11/h5-9H,4,10H2,1-3H3,(H,15,16)/t14-/m0/s1. The van der Waals surface area contributed by atoms with Crippen LogP contribution >= 0.6 is 0 Å². The van der Waals surface area contributed by atoms with Gasteiger partial charge >= 0.3 is 5.97 Å². The highest BCUT2D eigenvalue weighted by Gasteiger charge is 2.35. The second-order valence-electron chi connectivity index (χ2n) is 4.39. The van der Waals surface area contributed by atoms with Crippen LogP contribution in [0.1, 0.15) is 37.0 Å². The van der Waals surface area contributed by atoms with Crippen molar-refractivity contribution in [3.63, 3.8) is 0 Å². The number of rotatable bonds is 5. The van der Waals surface area contributed by atoms with E-state index in [1.165, 1.54) is 7.11 Å². The molecule has 4 nitrogen and oxygen atoms in total. The van der Waals surface area contributed by atoms with Crippen LogP contribution in [0.15, 0.2) is 30.3 Å². The van der Waals surface area contributed by atoms with Crippen molar-refractivity contribution >= 4 is 11.9 Å². The summed E-state index contributed by atoms with van der Waals surface area (Å²) < 4.78 is 4.75. The number of hydrogen-bond donors (Lipinski definition) is 1. The van der Waals surface area contributed by atoms with Gasteiger partial charge < -0.3 is 10.1 Å². The zero-order chi connectivity index (χ0) is 13.6. The van der Waals surface area contributed by atoms with Crippen LogP contribution < -0.4 is 5.32 Å². The van der Waals surface area contributed by atoms with E-state index in [-0.39, 0.29) is 5.91 Å². The molecule has 0 spiro atoms. The van der Waals surface area contributed by atoms with Crippen molar-refractivity contribution in [3.05, 3.63) is 35.9 Å². The summed E-state index contributed by atoms with van der Waals surface area (Å²) in [5.74, 6) is -0.689. The van der Waals surface area contributed by atoms with Gasteiger partial charge in [0, 0.05) is 5.56 Å². The molecule has 0 unspecified atom stereocenters. The van der Waals surface area contributed by atoms with Crippen LogP contribution in [0.25, 0.3) is 0 Å². The Morgan fingerprint density at radius 3 is 2.39 bits per heavy atom. The smallest absolute Gasteiger partial charge is 0.331 e. The SMILES string of the molecule is CCC[C@](C)(NC(=O)c1ccccc1)C(=O)OC. The quantitative estimate of drug-likeness (QED) is 0.813. The average molecular weight is 249 g/mol. The molecule has 0 aliphatic heterocycles. The number of carbonyl (C=O) groups excluding carboxylic acids is 2. The molecule has 0 saturated carbocycles. The molecule has 98 valence electrons. The third-order valence-corrected chi connectivity index (χ3v) is 2.81. The highest BCUT2D eigenvalue weighted by Crippen LogP contribution is 2.15. The first-order chi connectivity index (χ1) is 8.53. The van der Waals surface area contributed by atoms with Gasteiger partial charge in [-0.1, -0.05) is 31.5 Å². The van der Waals surface area contributed by atoms with E-state index in [0.717, 1.165) is 6.42 Å². The molecule has 0 aromatic heterocycles. The van der Waals surface area contributed by atoms with E-state index in [1.54, 1.807) is 31.2 Å². The molecule has 1 aromatic rings. The highest BCUT2D eigenvalue weighted by molar-refractivity contribution is 5.97. The van der Waals surface area contributed by atoms with Gasteiger partial charge in [-0.15, -0.1) is 0 Å². The summed E-state index contributed by atoms with van der Waals surface area (Å²) in [4.78, 5) is 23.8. The molecular weight excluding hydrogens is 230 g/mol. The first kappa shape index (κ1) is 14.2. The molecule has 0 bridgehead atoms. The van der Waals surface area contributed by atoms with Crippen molar-refractivity contribution in [1.82, 2.24) is 5.32 Å². The molecule has 18 heavy (non-hydrogen) atoms. The summed E-state index contributed by atoms with van der Waals surface area (Å²) >= 11 is 0. The fourth-order valence-corrected chi connectivity index (χ4v) is 1.85. The van der Waals surface area contributed by atoms with Crippen LogP contribution in [-0.2, 0) is 9.53 Å². The molecule has 1 atom stereocenters. The number of esters is 1. The molecule has 0 aliphatic rings. The van der Waals surface area contributed by atoms with Crippen LogP contribution in [-0.4, -0.2) is 24.5 Å². The number of ether oxygens (including phenoxy) is 1. The maximum atomic E-state index is 12.0. The van der Waals surface area contributed by atoms with Crippen LogP contribution in [0, 0.1) is 0 Å². The molecule has 0 saturated heterocycles. The minimum Gasteiger partial charge on any atom is -0.467 e. The highest BCUT2D eigenvalue weighted by atomic mass is 16.5. The van der Waals surface area contributed by atoms with Crippen molar-refractivity contribution in [3.8, 4) is 0 Å². The fourth-order valence-electron chi connectivity index (χ4n) is 1.85. The van der Waals surface area contributed by atoms with E-state index < -0.39 is 11.5 Å².